The highest BCUT2D eigenvalue weighted by Gasteiger charge is 2.12. The predicted octanol–water partition coefficient (Wildman–Crippen LogP) is 4.51. The number of amidine groups is 1. The molecule has 0 aromatic heterocycles. The summed E-state index contributed by atoms with van der Waals surface area (Å²) < 4.78 is 0. The highest BCUT2D eigenvalue weighted by Crippen LogP contribution is 2.28. The largest absolute Gasteiger partial charge is 0.478 e. The highest BCUT2D eigenvalue weighted by molar-refractivity contribution is 5.98. The summed E-state index contributed by atoms with van der Waals surface area (Å²) in [7, 11) is 0. The lowest BCUT2D eigenvalue weighted by Gasteiger charge is -2.09. The van der Waals surface area contributed by atoms with Crippen molar-refractivity contribution in [2.45, 2.75) is 0 Å². The average Bonchev–Trinajstić information content (AvgIpc) is 2.67. The van der Waals surface area contributed by atoms with E-state index in [1.165, 1.54) is 0 Å². The normalized spacial score (nSPS) is 10.8. The van der Waals surface area contributed by atoms with Crippen molar-refractivity contribution in [3.63, 3.8) is 0 Å². The topological polar surface area (TPSA) is 87.2 Å². The van der Waals surface area contributed by atoms with Gasteiger partial charge in [0.1, 0.15) is 5.84 Å². The number of carbonyl (C=O) groups is 1. The van der Waals surface area contributed by atoms with E-state index in [-0.39, 0.29) is 11.4 Å². The van der Waals surface area contributed by atoms with E-state index in [0.717, 1.165) is 16.7 Å². The Hall–Kier alpha value is -3.66. The second-order valence-electron chi connectivity index (χ2n) is 5.81. The molecular weight excluding hydrogens is 324 g/mol. The fraction of sp³-hybridized carbons (Fsp3) is 0. The van der Waals surface area contributed by atoms with E-state index in [1.54, 1.807) is 24.3 Å². The van der Waals surface area contributed by atoms with Crippen LogP contribution in [0, 0.1) is 5.41 Å². The third-order valence-electron chi connectivity index (χ3n) is 4.09. The van der Waals surface area contributed by atoms with Crippen molar-refractivity contribution in [3.05, 3.63) is 95.1 Å². The zero-order chi connectivity index (χ0) is 18.5. The lowest BCUT2D eigenvalue weighted by atomic mass is 9.95. The first kappa shape index (κ1) is 17.2. The maximum absolute atomic E-state index is 11.5. The zero-order valence-electron chi connectivity index (χ0n) is 14.0. The number of benzene rings is 3. The summed E-state index contributed by atoms with van der Waals surface area (Å²) >= 11 is 0. The van der Waals surface area contributed by atoms with Crippen LogP contribution in [0.15, 0.2) is 72.8 Å². The van der Waals surface area contributed by atoms with E-state index < -0.39 is 5.97 Å². The van der Waals surface area contributed by atoms with Gasteiger partial charge in [0.2, 0.25) is 0 Å². The number of carboxylic acid groups (broad SMARTS) is 1. The van der Waals surface area contributed by atoms with Crippen LogP contribution in [-0.4, -0.2) is 16.9 Å². The van der Waals surface area contributed by atoms with Gasteiger partial charge in [-0.25, -0.2) is 4.79 Å². The summed E-state index contributed by atoms with van der Waals surface area (Å²) in [4.78, 5) is 11.5. The average molecular weight is 342 g/mol. The molecule has 0 bridgehead atoms. The van der Waals surface area contributed by atoms with Gasteiger partial charge in [0, 0.05) is 5.56 Å². The van der Waals surface area contributed by atoms with E-state index in [4.69, 9.17) is 11.1 Å². The Bertz CT molecular complexity index is 989. The van der Waals surface area contributed by atoms with Crippen molar-refractivity contribution < 1.29 is 9.90 Å². The number of rotatable bonds is 5. The summed E-state index contributed by atoms with van der Waals surface area (Å²) in [6.45, 7) is 0. The van der Waals surface area contributed by atoms with Crippen molar-refractivity contribution in [2.75, 3.05) is 0 Å². The predicted molar refractivity (Wildman–Crippen MR) is 105 cm³/mol. The van der Waals surface area contributed by atoms with E-state index in [0.29, 0.717) is 11.1 Å². The number of hydrogen-bond acceptors (Lipinski definition) is 2. The monoisotopic (exact) mass is 342 g/mol. The quantitative estimate of drug-likeness (QED) is 0.362. The summed E-state index contributed by atoms with van der Waals surface area (Å²) in [5.41, 5.74) is 9.87. The van der Waals surface area contributed by atoms with Crippen molar-refractivity contribution >= 4 is 24.0 Å². The Morgan fingerprint density at radius 3 is 2.12 bits per heavy atom. The van der Waals surface area contributed by atoms with Crippen LogP contribution in [0.4, 0.5) is 0 Å². The number of nitrogens with one attached hydrogen (secondary N) is 1. The van der Waals surface area contributed by atoms with Gasteiger partial charge in [-0.15, -0.1) is 0 Å². The molecule has 0 atom stereocenters. The molecule has 4 heteroatoms. The summed E-state index contributed by atoms with van der Waals surface area (Å²) in [6, 6.07) is 22.1. The van der Waals surface area contributed by atoms with Gasteiger partial charge in [-0.1, -0.05) is 78.9 Å². The fourth-order valence-corrected chi connectivity index (χ4v) is 2.75. The molecule has 0 aliphatic rings. The van der Waals surface area contributed by atoms with Gasteiger partial charge in [0.05, 0.1) is 5.56 Å². The molecule has 0 fully saturated rings. The number of nitrogens with two attached hydrogens (primary N) is 1. The van der Waals surface area contributed by atoms with E-state index in [1.807, 2.05) is 60.7 Å². The summed E-state index contributed by atoms with van der Waals surface area (Å²) in [6.07, 6.45) is 3.91. The van der Waals surface area contributed by atoms with Crippen LogP contribution in [0.2, 0.25) is 0 Å². The molecule has 0 aliphatic carbocycles. The lowest BCUT2D eigenvalue weighted by molar-refractivity contribution is 0.0697. The molecule has 0 amide bonds. The fourth-order valence-electron chi connectivity index (χ4n) is 2.75. The molecule has 0 heterocycles. The Balaban J connectivity index is 1.98. The molecule has 128 valence electrons. The second kappa shape index (κ2) is 7.49. The Kier molecular flexibility index (Phi) is 4.94. The van der Waals surface area contributed by atoms with Crippen LogP contribution in [0.3, 0.4) is 0 Å². The first-order valence-electron chi connectivity index (χ1n) is 8.10. The molecule has 26 heavy (non-hydrogen) atoms. The molecule has 3 aromatic carbocycles. The van der Waals surface area contributed by atoms with Crippen LogP contribution >= 0.6 is 0 Å². The van der Waals surface area contributed by atoms with Gasteiger partial charge in [-0.05, 0) is 28.3 Å². The minimum Gasteiger partial charge on any atom is -0.478 e. The standard InChI is InChI=1S/C22H18N2O2/c23-21(24)17-13-10-15(11-14-17)9-12-16-5-1-2-6-18(16)19-7-3-4-8-20(19)22(25)26/h1-14H,(H3,23,24)(H,25,26). The molecule has 3 aromatic rings. The molecule has 4 N–H and O–H groups in total. The number of hydrogen-bond donors (Lipinski definition) is 3. The third-order valence-corrected chi connectivity index (χ3v) is 4.09. The molecule has 3 rings (SSSR count). The molecule has 0 spiro atoms. The van der Waals surface area contributed by atoms with Crippen LogP contribution in [-0.2, 0) is 0 Å². The Morgan fingerprint density at radius 1 is 0.846 bits per heavy atom. The first-order valence-corrected chi connectivity index (χ1v) is 8.10. The Labute approximate surface area is 151 Å². The minimum absolute atomic E-state index is 0.0381. The molecule has 0 aliphatic heterocycles. The molecule has 0 saturated carbocycles. The molecule has 0 saturated heterocycles. The maximum atomic E-state index is 11.5. The zero-order valence-corrected chi connectivity index (χ0v) is 14.0. The van der Waals surface area contributed by atoms with Crippen LogP contribution in [0.1, 0.15) is 27.0 Å². The van der Waals surface area contributed by atoms with Gasteiger partial charge in [0.15, 0.2) is 0 Å². The molecule has 0 unspecified atom stereocenters. The van der Waals surface area contributed by atoms with Crippen molar-refractivity contribution in [2.24, 2.45) is 5.73 Å². The van der Waals surface area contributed by atoms with E-state index in [9.17, 15) is 9.90 Å². The van der Waals surface area contributed by atoms with E-state index in [2.05, 4.69) is 0 Å². The molecule has 0 radical (unpaired) electrons. The van der Waals surface area contributed by atoms with Gasteiger partial charge in [0.25, 0.3) is 0 Å². The van der Waals surface area contributed by atoms with Gasteiger partial charge >= 0.3 is 5.97 Å². The minimum atomic E-state index is -0.945. The molecule has 4 nitrogen and oxygen atoms in total. The summed E-state index contributed by atoms with van der Waals surface area (Å²) in [5.74, 6) is -0.907. The van der Waals surface area contributed by atoms with Gasteiger partial charge in [-0.2, -0.15) is 0 Å². The molecular formula is C22H18N2O2. The first-order chi connectivity index (χ1) is 12.6. The van der Waals surface area contributed by atoms with Crippen LogP contribution in [0.25, 0.3) is 23.3 Å². The van der Waals surface area contributed by atoms with Gasteiger partial charge < -0.3 is 10.8 Å². The maximum Gasteiger partial charge on any atom is 0.336 e. The smallest absolute Gasteiger partial charge is 0.336 e. The highest BCUT2D eigenvalue weighted by atomic mass is 16.4. The van der Waals surface area contributed by atoms with Crippen molar-refractivity contribution in [3.8, 4) is 11.1 Å². The number of carboxylic acids is 1. The second-order valence-corrected chi connectivity index (χ2v) is 5.81. The number of aromatic carboxylic acids is 1. The SMILES string of the molecule is N=C(N)c1ccc(C=Cc2ccccc2-c2ccccc2C(=O)O)cc1. The lowest BCUT2D eigenvalue weighted by Crippen LogP contribution is -2.10. The third kappa shape index (κ3) is 3.70. The Morgan fingerprint density at radius 2 is 1.46 bits per heavy atom. The van der Waals surface area contributed by atoms with E-state index >= 15 is 0 Å². The number of nitrogen functional groups attached to an aromatic ring is 1. The van der Waals surface area contributed by atoms with Crippen molar-refractivity contribution in [1.82, 2.24) is 0 Å². The van der Waals surface area contributed by atoms with Gasteiger partial charge in [-0.3, -0.25) is 5.41 Å². The van der Waals surface area contributed by atoms with Crippen molar-refractivity contribution in [1.29, 1.82) is 5.41 Å². The van der Waals surface area contributed by atoms with Crippen LogP contribution < -0.4 is 5.73 Å². The van der Waals surface area contributed by atoms with Crippen LogP contribution in [0.5, 0.6) is 0 Å². The summed E-state index contributed by atoms with van der Waals surface area (Å²) in [5, 5.41) is 16.9.